The van der Waals surface area contributed by atoms with Crippen molar-refractivity contribution in [3.63, 3.8) is 0 Å². The number of aromatic nitrogens is 2. The van der Waals surface area contributed by atoms with Crippen LogP contribution in [0.25, 0.3) is 109 Å². The highest BCUT2D eigenvalue weighted by atomic mass is 15.0. The molecular weight excluding hydrogens is 793 g/mol. The molecule has 0 unspecified atom stereocenters. The first-order valence-electron chi connectivity index (χ1n) is 21.2. The van der Waals surface area contributed by atoms with Crippen LogP contribution in [0.3, 0.4) is 0 Å². The maximum absolute atomic E-state index is 9.71. The molecule has 0 aliphatic carbocycles. The summed E-state index contributed by atoms with van der Waals surface area (Å²) in [5, 5.41) is 23.7. The van der Waals surface area contributed by atoms with E-state index < -0.39 is 0 Å². The summed E-state index contributed by atoms with van der Waals surface area (Å²) in [6.07, 6.45) is 0. The van der Waals surface area contributed by atoms with Crippen LogP contribution in [-0.4, -0.2) is 9.13 Å². The van der Waals surface area contributed by atoms with E-state index in [-0.39, 0.29) is 0 Å². The molecule has 6 heteroatoms. The number of hydrogen-bond acceptors (Lipinski definition) is 2. The highest BCUT2D eigenvalue weighted by Crippen LogP contribution is 2.44. The van der Waals surface area contributed by atoms with Crippen LogP contribution in [0.15, 0.2) is 188 Å². The predicted molar refractivity (Wildman–Crippen MR) is 264 cm³/mol. The fourth-order valence-electron chi connectivity index (χ4n) is 9.51. The summed E-state index contributed by atoms with van der Waals surface area (Å²) < 4.78 is 4.58. The van der Waals surface area contributed by atoms with Crippen molar-refractivity contribution in [2.45, 2.75) is 6.92 Å². The lowest BCUT2D eigenvalue weighted by molar-refractivity contribution is 1.17. The Morgan fingerprint density at radius 3 is 1.69 bits per heavy atom. The van der Waals surface area contributed by atoms with E-state index in [1.807, 2.05) is 85.8 Å². The van der Waals surface area contributed by atoms with Gasteiger partial charge in [0.05, 0.1) is 64.2 Å². The van der Waals surface area contributed by atoms with Crippen LogP contribution in [0.4, 0.5) is 11.4 Å². The smallest absolute Gasteiger partial charge is 0.195 e. The van der Waals surface area contributed by atoms with Gasteiger partial charge >= 0.3 is 0 Å². The predicted octanol–water partition coefficient (Wildman–Crippen LogP) is 15.7. The molecule has 0 aliphatic rings. The molecule has 6 nitrogen and oxygen atoms in total. The maximum atomic E-state index is 9.71. The van der Waals surface area contributed by atoms with E-state index in [4.69, 9.17) is 13.1 Å². The van der Waals surface area contributed by atoms with Gasteiger partial charge in [-0.05, 0) is 148 Å². The number of para-hydroxylation sites is 2. The van der Waals surface area contributed by atoms with Crippen LogP contribution in [0.5, 0.6) is 0 Å². The molecule has 11 aromatic rings. The molecule has 300 valence electrons. The third kappa shape index (κ3) is 6.39. The van der Waals surface area contributed by atoms with Crippen LogP contribution in [0, 0.1) is 42.7 Å². The van der Waals surface area contributed by atoms with E-state index in [0.29, 0.717) is 22.5 Å². The summed E-state index contributed by atoms with van der Waals surface area (Å²) in [6, 6.07) is 68.1. The minimum atomic E-state index is 0.520. The molecule has 9 aromatic carbocycles. The maximum Gasteiger partial charge on any atom is 0.195 e. The molecule has 0 N–H and O–H groups in total. The third-order valence-electron chi connectivity index (χ3n) is 12.5. The topological polar surface area (TPSA) is 66.2 Å². The van der Waals surface area contributed by atoms with Gasteiger partial charge in [0.2, 0.25) is 0 Å². The zero-order valence-electron chi connectivity index (χ0n) is 35.1. The van der Waals surface area contributed by atoms with Gasteiger partial charge in [0, 0.05) is 27.2 Å². The largest absolute Gasteiger partial charge is 0.309 e. The Morgan fingerprint density at radius 2 is 1.02 bits per heavy atom. The van der Waals surface area contributed by atoms with Crippen molar-refractivity contribution in [2.24, 2.45) is 0 Å². The minimum absolute atomic E-state index is 0.520. The molecule has 0 saturated carbocycles. The molecule has 0 aliphatic heterocycles. The van der Waals surface area contributed by atoms with Crippen LogP contribution in [-0.2, 0) is 0 Å². The molecule has 11 rings (SSSR count). The van der Waals surface area contributed by atoms with Crippen LogP contribution in [0.2, 0.25) is 0 Å². The summed E-state index contributed by atoms with van der Waals surface area (Å²) >= 11 is 0. The van der Waals surface area contributed by atoms with Gasteiger partial charge in [-0.2, -0.15) is 10.5 Å². The van der Waals surface area contributed by atoms with Gasteiger partial charge in [-0.3, -0.25) is 0 Å². The molecular formula is C59H34N6. The number of rotatable bonds is 6. The molecule has 0 fully saturated rings. The van der Waals surface area contributed by atoms with E-state index in [2.05, 4.69) is 140 Å². The monoisotopic (exact) mass is 826 g/mol. The molecule has 0 bridgehead atoms. The molecule has 0 radical (unpaired) electrons. The lowest BCUT2D eigenvalue weighted by atomic mass is 9.93. The second-order valence-electron chi connectivity index (χ2n) is 16.2. The van der Waals surface area contributed by atoms with Crippen molar-refractivity contribution in [3.05, 3.63) is 228 Å². The number of aryl methyl sites for hydroxylation is 1. The van der Waals surface area contributed by atoms with E-state index in [1.54, 1.807) is 0 Å². The van der Waals surface area contributed by atoms with Crippen LogP contribution >= 0.6 is 0 Å². The van der Waals surface area contributed by atoms with E-state index in [1.165, 1.54) is 0 Å². The second kappa shape index (κ2) is 15.5. The quantitative estimate of drug-likeness (QED) is 0.157. The summed E-state index contributed by atoms with van der Waals surface area (Å²) in [6.45, 7) is 18.2. The summed E-state index contributed by atoms with van der Waals surface area (Å²) in [5.74, 6) is 0. The Labute approximate surface area is 375 Å². The molecule has 65 heavy (non-hydrogen) atoms. The van der Waals surface area contributed by atoms with E-state index in [0.717, 1.165) is 105 Å². The first-order valence-corrected chi connectivity index (χ1v) is 21.2. The minimum Gasteiger partial charge on any atom is -0.309 e. The van der Waals surface area contributed by atoms with Crippen molar-refractivity contribution in [1.82, 2.24) is 9.13 Å². The van der Waals surface area contributed by atoms with E-state index in [9.17, 15) is 10.5 Å². The Balaban J connectivity index is 1.17. The van der Waals surface area contributed by atoms with Gasteiger partial charge in [0.15, 0.2) is 11.4 Å². The fourth-order valence-corrected chi connectivity index (χ4v) is 9.51. The summed E-state index contributed by atoms with van der Waals surface area (Å²) in [7, 11) is 0. The number of nitrogens with zero attached hydrogens (tertiary/aromatic N) is 6. The van der Waals surface area contributed by atoms with Crippen molar-refractivity contribution in [3.8, 4) is 68.0 Å². The molecule has 2 heterocycles. The average Bonchev–Trinajstić information content (AvgIpc) is 3.88. The van der Waals surface area contributed by atoms with Gasteiger partial charge in [0.25, 0.3) is 0 Å². The second-order valence-corrected chi connectivity index (χ2v) is 16.2. The first-order chi connectivity index (χ1) is 31.9. The summed E-state index contributed by atoms with van der Waals surface area (Å²) in [4.78, 5) is 7.83. The number of hydrogen-bond donors (Lipinski definition) is 0. The van der Waals surface area contributed by atoms with Gasteiger partial charge in [-0.1, -0.05) is 97.1 Å². The highest BCUT2D eigenvalue weighted by molar-refractivity contribution is 6.12. The normalized spacial score (nSPS) is 11.1. The Bertz CT molecular complexity index is 3970. The lowest BCUT2D eigenvalue weighted by Gasteiger charge is -2.19. The zero-order valence-corrected chi connectivity index (χ0v) is 35.1. The molecule has 0 spiro atoms. The van der Waals surface area contributed by atoms with Crippen LogP contribution in [0.1, 0.15) is 16.7 Å². The molecule has 0 amide bonds. The van der Waals surface area contributed by atoms with Crippen molar-refractivity contribution in [2.75, 3.05) is 0 Å². The van der Waals surface area contributed by atoms with Crippen molar-refractivity contribution >= 4 is 55.0 Å². The molecule has 2 aromatic heterocycles. The first kappa shape index (κ1) is 38.5. The lowest BCUT2D eigenvalue weighted by Crippen LogP contribution is -2.00. The van der Waals surface area contributed by atoms with Gasteiger partial charge in [0.1, 0.15) is 0 Å². The Hall–Kier alpha value is -9.46. The van der Waals surface area contributed by atoms with Crippen LogP contribution < -0.4 is 0 Å². The van der Waals surface area contributed by atoms with Gasteiger partial charge in [-0.25, -0.2) is 9.69 Å². The van der Waals surface area contributed by atoms with Gasteiger partial charge in [-0.15, -0.1) is 0 Å². The zero-order chi connectivity index (χ0) is 44.2. The number of nitriles is 2. The fraction of sp³-hybridized carbons (Fsp3) is 0.0169. The average molecular weight is 827 g/mol. The summed E-state index contributed by atoms with van der Waals surface area (Å²) in [5.41, 5.74) is 16.9. The standard InChI is InChI=1S/C59H34N6/c1-37-28-39(36-61)18-23-47(37)44-21-27-59(65-56-17-7-5-15-49(56)52-32-43(20-26-58(52)65)41-12-9-13-45(30-41)62-2)53(33-44)50-34-46(22-24-54(50)63-3)64-55-16-6-4-14-48(55)51-31-42(19-25-57(51)64)40-11-8-10-38(29-40)35-60/h4-34H,1H3. The number of fused-ring (bicyclic) bond motifs is 6. The SMILES string of the molecule is [C-]#[N+]c1cccc(-c2ccc3c(c2)c2ccccc2n3-c2ccc(-c3ccc(C#N)cc3C)cc2-c2cc(-n3c4ccccc4c4cc(-c5cccc(C#N)c5)ccc43)ccc2[N+]#[C-])c1. The Morgan fingerprint density at radius 1 is 0.415 bits per heavy atom. The highest BCUT2D eigenvalue weighted by Gasteiger charge is 2.21. The van der Waals surface area contributed by atoms with Crippen molar-refractivity contribution < 1.29 is 0 Å². The molecule has 0 saturated heterocycles. The number of benzene rings is 9. The third-order valence-corrected chi connectivity index (χ3v) is 12.5. The van der Waals surface area contributed by atoms with E-state index >= 15 is 0 Å². The molecule has 0 atom stereocenters. The van der Waals surface area contributed by atoms with Gasteiger partial charge < -0.3 is 9.13 Å². The van der Waals surface area contributed by atoms with Crippen molar-refractivity contribution in [1.29, 1.82) is 10.5 Å². The Kier molecular flexibility index (Phi) is 9.15.